The summed E-state index contributed by atoms with van der Waals surface area (Å²) in [5.41, 5.74) is 4.42. The number of hydrogen-bond acceptors (Lipinski definition) is 4. The molecular formula is C21H23N3O3. The molecule has 1 aromatic carbocycles. The van der Waals surface area contributed by atoms with E-state index in [0.717, 1.165) is 41.9 Å². The van der Waals surface area contributed by atoms with E-state index < -0.39 is 0 Å². The van der Waals surface area contributed by atoms with Gasteiger partial charge in [-0.05, 0) is 30.9 Å². The molecule has 1 amide bonds. The number of carbonyl (C=O) groups is 1. The van der Waals surface area contributed by atoms with Crippen LogP contribution in [-0.2, 0) is 35.5 Å². The first-order valence-electron chi connectivity index (χ1n) is 9.59. The van der Waals surface area contributed by atoms with Crippen molar-refractivity contribution in [1.82, 2.24) is 14.9 Å². The van der Waals surface area contributed by atoms with Gasteiger partial charge < -0.3 is 19.0 Å². The second-order valence-electron chi connectivity index (χ2n) is 7.43. The minimum Gasteiger partial charge on any atom is -0.443 e. The van der Waals surface area contributed by atoms with Crippen molar-refractivity contribution < 1.29 is 13.9 Å². The number of amides is 1. The van der Waals surface area contributed by atoms with Gasteiger partial charge in [-0.15, -0.1) is 0 Å². The Hall–Kier alpha value is -2.60. The molecule has 0 radical (unpaired) electrons. The van der Waals surface area contributed by atoms with Crippen molar-refractivity contribution in [3.05, 3.63) is 52.9 Å². The van der Waals surface area contributed by atoms with Crippen molar-refractivity contribution in [2.45, 2.75) is 44.8 Å². The van der Waals surface area contributed by atoms with E-state index in [4.69, 9.17) is 9.15 Å². The highest BCUT2D eigenvalue weighted by Gasteiger charge is 2.34. The van der Waals surface area contributed by atoms with Crippen LogP contribution in [0, 0.1) is 0 Å². The number of methoxy groups -OCH3 is 1. The number of fused-ring (bicyclic) bond motifs is 4. The van der Waals surface area contributed by atoms with Crippen LogP contribution < -0.4 is 0 Å². The van der Waals surface area contributed by atoms with Gasteiger partial charge in [0.05, 0.1) is 12.5 Å². The van der Waals surface area contributed by atoms with Crippen LogP contribution in [0.3, 0.4) is 0 Å². The van der Waals surface area contributed by atoms with E-state index in [9.17, 15) is 4.79 Å². The molecule has 6 heteroatoms. The van der Waals surface area contributed by atoms with Crippen LogP contribution in [0.5, 0.6) is 0 Å². The zero-order valence-electron chi connectivity index (χ0n) is 15.5. The molecule has 0 saturated carbocycles. The number of benzene rings is 1. The predicted molar refractivity (Wildman–Crippen MR) is 100 cm³/mol. The molecule has 27 heavy (non-hydrogen) atoms. The van der Waals surface area contributed by atoms with E-state index >= 15 is 0 Å². The van der Waals surface area contributed by atoms with Crippen molar-refractivity contribution in [2.75, 3.05) is 13.7 Å². The number of ether oxygens (including phenoxy) is 1. The summed E-state index contributed by atoms with van der Waals surface area (Å²) in [6, 6.07) is 8.35. The molecule has 1 aliphatic carbocycles. The highest BCUT2D eigenvalue weighted by molar-refractivity contribution is 5.90. The number of nitrogens with one attached hydrogen (secondary N) is 1. The number of oxazole rings is 1. The van der Waals surface area contributed by atoms with Crippen LogP contribution in [0.25, 0.3) is 10.9 Å². The number of para-hydroxylation sites is 1. The number of nitrogens with zero attached hydrogens (tertiary/aromatic N) is 2. The maximum atomic E-state index is 13.4. The highest BCUT2D eigenvalue weighted by atomic mass is 16.5. The number of aromatic nitrogens is 2. The van der Waals surface area contributed by atoms with Crippen LogP contribution in [0.1, 0.15) is 47.4 Å². The van der Waals surface area contributed by atoms with Crippen molar-refractivity contribution in [3.8, 4) is 0 Å². The van der Waals surface area contributed by atoms with Gasteiger partial charge in [-0.25, -0.2) is 4.98 Å². The van der Waals surface area contributed by atoms with Crippen molar-refractivity contribution in [3.63, 3.8) is 0 Å². The maximum Gasteiger partial charge on any atom is 0.232 e. The Balaban J connectivity index is 1.42. The highest BCUT2D eigenvalue weighted by Crippen LogP contribution is 2.37. The number of aromatic amines is 1. The molecule has 2 aliphatic rings. The fraction of sp³-hybridized carbons (Fsp3) is 0.429. The third kappa shape index (κ3) is 2.75. The molecule has 5 rings (SSSR count). The lowest BCUT2D eigenvalue weighted by Gasteiger charge is -2.31. The number of H-pyrrole nitrogens is 1. The van der Waals surface area contributed by atoms with Crippen molar-refractivity contribution >= 4 is 16.8 Å². The van der Waals surface area contributed by atoms with Crippen LogP contribution in [0.2, 0.25) is 0 Å². The van der Waals surface area contributed by atoms with Gasteiger partial charge in [0, 0.05) is 36.7 Å². The minimum absolute atomic E-state index is 0.0898. The second kappa shape index (κ2) is 6.53. The van der Waals surface area contributed by atoms with E-state index in [-0.39, 0.29) is 11.8 Å². The molecular weight excluding hydrogens is 342 g/mol. The normalized spacial score (nSPS) is 19.1. The van der Waals surface area contributed by atoms with E-state index in [0.29, 0.717) is 32.0 Å². The Morgan fingerprint density at radius 2 is 2.26 bits per heavy atom. The molecule has 1 aliphatic heterocycles. The summed E-state index contributed by atoms with van der Waals surface area (Å²) in [4.78, 5) is 23.3. The fourth-order valence-corrected chi connectivity index (χ4v) is 4.51. The topological polar surface area (TPSA) is 71.4 Å². The molecule has 1 atom stereocenters. The SMILES string of the molecule is COCc1nc2c(o1)CCN(C(=O)C1CCCc3c1[nH]c1ccccc31)C2. The average Bonchev–Trinajstić information content (AvgIpc) is 3.27. The molecule has 0 spiro atoms. The maximum absolute atomic E-state index is 13.4. The Morgan fingerprint density at radius 1 is 1.37 bits per heavy atom. The van der Waals surface area contributed by atoms with Crippen LogP contribution in [0.4, 0.5) is 0 Å². The first kappa shape index (κ1) is 16.6. The summed E-state index contributed by atoms with van der Waals surface area (Å²) >= 11 is 0. The van der Waals surface area contributed by atoms with Crippen LogP contribution >= 0.6 is 0 Å². The summed E-state index contributed by atoms with van der Waals surface area (Å²) in [6.07, 6.45) is 3.70. The smallest absolute Gasteiger partial charge is 0.232 e. The van der Waals surface area contributed by atoms with Gasteiger partial charge in [0.2, 0.25) is 11.8 Å². The lowest BCUT2D eigenvalue weighted by Crippen LogP contribution is -2.39. The summed E-state index contributed by atoms with van der Waals surface area (Å²) in [5, 5.41) is 1.26. The molecule has 1 N–H and O–H groups in total. The molecule has 0 fully saturated rings. The summed E-state index contributed by atoms with van der Waals surface area (Å²) in [7, 11) is 1.63. The Kier molecular flexibility index (Phi) is 4.01. The van der Waals surface area contributed by atoms with Crippen molar-refractivity contribution in [1.29, 1.82) is 0 Å². The monoisotopic (exact) mass is 365 g/mol. The number of rotatable bonds is 3. The fourth-order valence-electron chi connectivity index (χ4n) is 4.51. The minimum atomic E-state index is -0.0898. The van der Waals surface area contributed by atoms with Crippen LogP contribution in [0.15, 0.2) is 28.7 Å². The quantitative estimate of drug-likeness (QED) is 0.773. The lowest BCUT2D eigenvalue weighted by molar-refractivity contribution is -0.134. The van der Waals surface area contributed by atoms with Gasteiger partial charge >= 0.3 is 0 Å². The van der Waals surface area contributed by atoms with E-state index in [2.05, 4.69) is 28.2 Å². The Bertz CT molecular complexity index is 1000. The molecule has 0 saturated heterocycles. The first-order valence-corrected chi connectivity index (χ1v) is 9.59. The predicted octanol–water partition coefficient (Wildman–Crippen LogP) is 3.31. The largest absolute Gasteiger partial charge is 0.443 e. The molecule has 3 aromatic rings. The molecule has 0 bridgehead atoms. The van der Waals surface area contributed by atoms with Gasteiger partial charge in [-0.2, -0.15) is 0 Å². The van der Waals surface area contributed by atoms with Gasteiger partial charge in [-0.1, -0.05) is 18.2 Å². The standard InChI is InChI=1S/C21H23N3O3/c1-26-12-19-22-17-11-24(10-9-18(17)27-19)21(25)15-7-4-6-14-13-5-2-3-8-16(13)23-20(14)15/h2-3,5,8,15,23H,4,6-7,9-12H2,1H3. The van der Waals surface area contributed by atoms with E-state index in [1.54, 1.807) is 7.11 Å². The second-order valence-corrected chi connectivity index (χ2v) is 7.43. The zero-order valence-corrected chi connectivity index (χ0v) is 15.5. The summed E-state index contributed by atoms with van der Waals surface area (Å²) in [6.45, 7) is 1.56. The van der Waals surface area contributed by atoms with E-state index in [1.165, 1.54) is 10.9 Å². The number of hydrogen-bond donors (Lipinski definition) is 1. The van der Waals surface area contributed by atoms with Crippen molar-refractivity contribution in [2.24, 2.45) is 0 Å². The van der Waals surface area contributed by atoms with Gasteiger partial charge in [-0.3, -0.25) is 4.79 Å². The lowest BCUT2D eigenvalue weighted by atomic mass is 9.85. The Labute approximate surface area is 157 Å². The number of aryl methyl sites for hydroxylation is 1. The molecule has 140 valence electrons. The first-order chi connectivity index (χ1) is 13.2. The molecule has 6 nitrogen and oxygen atoms in total. The van der Waals surface area contributed by atoms with E-state index in [1.807, 2.05) is 11.0 Å². The third-order valence-corrected chi connectivity index (χ3v) is 5.76. The summed E-state index contributed by atoms with van der Waals surface area (Å²) in [5.74, 6) is 1.59. The van der Waals surface area contributed by atoms with Crippen LogP contribution in [-0.4, -0.2) is 34.4 Å². The third-order valence-electron chi connectivity index (χ3n) is 5.76. The van der Waals surface area contributed by atoms with Gasteiger partial charge in [0.15, 0.2) is 0 Å². The summed E-state index contributed by atoms with van der Waals surface area (Å²) < 4.78 is 10.8. The molecule has 1 unspecified atom stereocenters. The Morgan fingerprint density at radius 3 is 3.15 bits per heavy atom. The van der Waals surface area contributed by atoms with Gasteiger partial charge in [0.1, 0.15) is 18.1 Å². The molecule has 2 aromatic heterocycles. The molecule has 3 heterocycles. The number of carbonyl (C=O) groups excluding carboxylic acids is 1. The average molecular weight is 365 g/mol. The zero-order chi connectivity index (χ0) is 18.4. The van der Waals surface area contributed by atoms with Gasteiger partial charge in [0.25, 0.3) is 0 Å².